The summed E-state index contributed by atoms with van der Waals surface area (Å²) in [5.41, 5.74) is 4.33. The van der Waals surface area contributed by atoms with E-state index in [1.807, 2.05) is 77.7 Å². The van der Waals surface area contributed by atoms with Gasteiger partial charge in [0.15, 0.2) is 0 Å². The quantitative estimate of drug-likeness (QED) is 0.577. The number of carbonyl (C=O) groups excluding carboxylic acids is 1. The number of imidazole rings is 1. The predicted molar refractivity (Wildman–Crippen MR) is 109 cm³/mol. The van der Waals surface area contributed by atoms with E-state index >= 15 is 0 Å². The molecule has 0 aliphatic rings. The fourth-order valence-corrected chi connectivity index (χ4v) is 3.37. The van der Waals surface area contributed by atoms with Crippen molar-refractivity contribution in [2.24, 2.45) is 0 Å². The van der Waals surface area contributed by atoms with E-state index in [0.29, 0.717) is 12.1 Å². The van der Waals surface area contributed by atoms with E-state index in [4.69, 9.17) is 0 Å². The number of aryl methyl sites for hydroxylation is 1. The molecule has 0 spiro atoms. The lowest BCUT2D eigenvalue weighted by Crippen LogP contribution is -2.13. The molecule has 3 aromatic heterocycles. The van der Waals surface area contributed by atoms with Gasteiger partial charge in [0.1, 0.15) is 5.82 Å². The van der Waals surface area contributed by atoms with Crippen LogP contribution in [0.3, 0.4) is 0 Å². The van der Waals surface area contributed by atoms with Crippen LogP contribution in [0.5, 0.6) is 0 Å². The van der Waals surface area contributed by atoms with Crippen LogP contribution in [0.1, 0.15) is 27.3 Å². The normalized spacial score (nSPS) is 10.8. The van der Waals surface area contributed by atoms with E-state index in [0.717, 1.165) is 28.5 Å². The van der Waals surface area contributed by atoms with Crippen molar-refractivity contribution in [2.75, 3.05) is 5.32 Å². The van der Waals surface area contributed by atoms with Gasteiger partial charge in [0, 0.05) is 42.2 Å². The second-order valence-electron chi connectivity index (χ2n) is 6.70. The van der Waals surface area contributed by atoms with Crippen molar-refractivity contribution in [3.63, 3.8) is 0 Å². The van der Waals surface area contributed by atoms with Gasteiger partial charge in [-0.3, -0.25) is 4.79 Å². The number of carbonyl (C=O) groups is 1. The number of rotatable bonds is 5. The van der Waals surface area contributed by atoms with Crippen LogP contribution >= 0.6 is 0 Å². The van der Waals surface area contributed by atoms with E-state index in [2.05, 4.69) is 15.3 Å². The van der Waals surface area contributed by atoms with E-state index in [1.54, 1.807) is 18.7 Å². The van der Waals surface area contributed by atoms with Crippen LogP contribution in [0.2, 0.25) is 0 Å². The van der Waals surface area contributed by atoms with Crippen LogP contribution in [0.15, 0.2) is 73.4 Å². The Labute approximate surface area is 163 Å². The topological polar surface area (TPSA) is 64.7 Å². The van der Waals surface area contributed by atoms with Crippen LogP contribution < -0.4 is 5.32 Å². The van der Waals surface area contributed by atoms with Crippen molar-refractivity contribution in [1.82, 2.24) is 19.1 Å². The number of hydrogen-bond donors (Lipinski definition) is 1. The lowest BCUT2D eigenvalue weighted by atomic mass is 10.1. The molecule has 0 atom stereocenters. The van der Waals surface area contributed by atoms with Crippen molar-refractivity contribution in [3.8, 4) is 5.82 Å². The highest BCUT2D eigenvalue weighted by Gasteiger charge is 2.17. The molecule has 0 fully saturated rings. The predicted octanol–water partition coefficient (Wildman–Crippen LogP) is 3.99. The van der Waals surface area contributed by atoms with Gasteiger partial charge < -0.3 is 14.5 Å². The van der Waals surface area contributed by atoms with E-state index < -0.39 is 0 Å². The minimum absolute atomic E-state index is 0.130. The summed E-state index contributed by atoms with van der Waals surface area (Å²) in [5.74, 6) is 0.675. The summed E-state index contributed by atoms with van der Waals surface area (Å²) < 4.78 is 3.98. The molecular weight excluding hydrogens is 350 g/mol. The first-order chi connectivity index (χ1) is 13.6. The lowest BCUT2D eigenvalue weighted by Gasteiger charge is -2.10. The Morgan fingerprint density at radius 2 is 1.96 bits per heavy atom. The van der Waals surface area contributed by atoms with E-state index in [-0.39, 0.29) is 5.91 Å². The standard InChI is InChI=1S/C22H21N5O/c1-16-12-20(17(2)27(16)21-8-3-4-9-24-21)22(28)25-19-7-5-6-18(13-19)14-26-11-10-23-15-26/h3-13,15H,14H2,1-2H3,(H,25,28). The Hall–Kier alpha value is -3.67. The number of pyridine rings is 1. The zero-order valence-electron chi connectivity index (χ0n) is 15.8. The Balaban J connectivity index is 1.56. The first kappa shape index (κ1) is 17.7. The van der Waals surface area contributed by atoms with Crippen LogP contribution in [-0.4, -0.2) is 25.0 Å². The summed E-state index contributed by atoms with van der Waals surface area (Å²) in [4.78, 5) is 21.4. The van der Waals surface area contributed by atoms with Crippen LogP contribution in [0.4, 0.5) is 5.69 Å². The summed E-state index contributed by atoms with van der Waals surface area (Å²) >= 11 is 0. The molecule has 28 heavy (non-hydrogen) atoms. The minimum atomic E-state index is -0.130. The molecule has 1 N–H and O–H groups in total. The van der Waals surface area contributed by atoms with Crippen LogP contribution in [-0.2, 0) is 6.54 Å². The van der Waals surface area contributed by atoms with E-state index in [1.165, 1.54) is 0 Å². The Morgan fingerprint density at radius 1 is 1.07 bits per heavy atom. The molecule has 1 aromatic carbocycles. The lowest BCUT2D eigenvalue weighted by molar-refractivity contribution is 0.102. The van der Waals surface area contributed by atoms with Crippen molar-refractivity contribution in [2.45, 2.75) is 20.4 Å². The van der Waals surface area contributed by atoms with Crippen LogP contribution in [0, 0.1) is 13.8 Å². The zero-order chi connectivity index (χ0) is 19.5. The van der Waals surface area contributed by atoms with Gasteiger partial charge in [-0.2, -0.15) is 0 Å². The average Bonchev–Trinajstić information content (AvgIpc) is 3.30. The minimum Gasteiger partial charge on any atom is -0.333 e. The number of anilines is 1. The molecule has 0 bridgehead atoms. The molecule has 4 rings (SSSR count). The molecule has 0 unspecified atom stereocenters. The SMILES string of the molecule is Cc1cc(C(=O)Nc2cccc(Cn3ccnc3)c2)c(C)n1-c1ccccn1. The third-order valence-corrected chi connectivity index (χ3v) is 4.66. The Kier molecular flexibility index (Phi) is 4.76. The number of nitrogens with one attached hydrogen (secondary N) is 1. The molecule has 0 saturated heterocycles. The second-order valence-corrected chi connectivity index (χ2v) is 6.70. The highest BCUT2D eigenvalue weighted by Crippen LogP contribution is 2.21. The summed E-state index contributed by atoms with van der Waals surface area (Å²) in [6.45, 7) is 4.62. The summed E-state index contributed by atoms with van der Waals surface area (Å²) in [6, 6.07) is 15.5. The largest absolute Gasteiger partial charge is 0.333 e. The van der Waals surface area contributed by atoms with Gasteiger partial charge in [0.05, 0.1) is 11.9 Å². The summed E-state index contributed by atoms with van der Waals surface area (Å²) in [7, 11) is 0. The van der Waals surface area contributed by atoms with Gasteiger partial charge in [-0.15, -0.1) is 0 Å². The number of nitrogens with zero attached hydrogens (tertiary/aromatic N) is 4. The monoisotopic (exact) mass is 371 g/mol. The van der Waals surface area contributed by atoms with Crippen LogP contribution in [0.25, 0.3) is 5.82 Å². The molecule has 0 aliphatic carbocycles. The van der Waals surface area contributed by atoms with Crippen molar-refractivity contribution in [3.05, 3.63) is 96.0 Å². The first-order valence-corrected chi connectivity index (χ1v) is 9.08. The number of aromatic nitrogens is 4. The smallest absolute Gasteiger partial charge is 0.257 e. The maximum atomic E-state index is 12.9. The number of hydrogen-bond acceptors (Lipinski definition) is 3. The molecule has 3 heterocycles. The molecule has 6 heteroatoms. The van der Waals surface area contributed by atoms with Crippen molar-refractivity contribution >= 4 is 11.6 Å². The highest BCUT2D eigenvalue weighted by atomic mass is 16.1. The molecule has 6 nitrogen and oxygen atoms in total. The molecular formula is C22H21N5O. The third kappa shape index (κ3) is 3.57. The zero-order valence-corrected chi connectivity index (χ0v) is 15.8. The third-order valence-electron chi connectivity index (χ3n) is 4.66. The van der Waals surface area contributed by atoms with Gasteiger partial charge in [-0.1, -0.05) is 18.2 Å². The molecule has 0 aliphatic heterocycles. The van der Waals surface area contributed by atoms with Gasteiger partial charge >= 0.3 is 0 Å². The van der Waals surface area contributed by atoms with Gasteiger partial charge in [0.25, 0.3) is 5.91 Å². The highest BCUT2D eigenvalue weighted by molar-refractivity contribution is 6.05. The fourth-order valence-electron chi connectivity index (χ4n) is 3.37. The summed E-state index contributed by atoms with van der Waals surface area (Å²) in [6.07, 6.45) is 7.19. The maximum Gasteiger partial charge on any atom is 0.257 e. The Morgan fingerprint density at radius 3 is 2.71 bits per heavy atom. The fraction of sp³-hybridized carbons (Fsp3) is 0.136. The maximum absolute atomic E-state index is 12.9. The van der Waals surface area contributed by atoms with Crippen molar-refractivity contribution < 1.29 is 4.79 Å². The first-order valence-electron chi connectivity index (χ1n) is 9.08. The Bertz CT molecular complexity index is 1100. The second kappa shape index (κ2) is 7.52. The number of benzene rings is 1. The molecule has 4 aromatic rings. The molecule has 0 saturated carbocycles. The van der Waals surface area contributed by atoms with Gasteiger partial charge in [0.2, 0.25) is 0 Å². The van der Waals surface area contributed by atoms with Gasteiger partial charge in [-0.25, -0.2) is 9.97 Å². The number of amides is 1. The molecule has 1 amide bonds. The average molecular weight is 371 g/mol. The van der Waals surface area contributed by atoms with Gasteiger partial charge in [-0.05, 0) is 49.7 Å². The van der Waals surface area contributed by atoms with Crippen molar-refractivity contribution in [1.29, 1.82) is 0 Å². The summed E-state index contributed by atoms with van der Waals surface area (Å²) in [5, 5.41) is 3.01. The van der Waals surface area contributed by atoms with E-state index in [9.17, 15) is 4.79 Å². The molecule has 140 valence electrons. The molecule has 0 radical (unpaired) electrons.